The highest BCUT2D eigenvalue weighted by Gasteiger charge is 2.39. The van der Waals surface area contributed by atoms with Crippen LogP contribution in [0.5, 0.6) is 5.75 Å². The third-order valence-electron chi connectivity index (χ3n) is 6.55. The Morgan fingerprint density at radius 3 is 2.74 bits per heavy atom. The number of β-amino-alcohol motifs (C(OH)–C–C–N with tert-alkyl or cyclic N) is 1. The topological polar surface area (TPSA) is 113 Å². The van der Waals surface area contributed by atoms with E-state index in [1.165, 1.54) is 0 Å². The number of ether oxygens (including phenoxy) is 1. The van der Waals surface area contributed by atoms with Gasteiger partial charge in [-0.25, -0.2) is 13.1 Å². The van der Waals surface area contributed by atoms with E-state index in [1.807, 2.05) is 38.5 Å². The van der Waals surface area contributed by atoms with Crippen molar-refractivity contribution in [3.05, 3.63) is 60.7 Å². The maximum Gasteiger partial charge on any atom is 0.244 e. The molecule has 0 radical (unpaired) electrons. The number of benzene rings is 1. The van der Waals surface area contributed by atoms with Crippen molar-refractivity contribution in [2.24, 2.45) is 7.05 Å². The lowest BCUT2D eigenvalue weighted by Crippen LogP contribution is -2.47. The Labute approximate surface area is 205 Å². The number of pyridine rings is 1. The van der Waals surface area contributed by atoms with Gasteiger partial charge in [0.05, 0.1) is 24.0 Å². The van der Waals surface area contributed by atoms with Gasteiger partial charge in [0.2, 0.25) is 10.0 Å². The predicted octanol–water partition coefficient (Wildman–Crippen LogP) is 0.699. The van der Waals surface area contributed by atoms with Crippen LogP contribution < -0.4 is 9.46 Å². The Bertz CT molecular complexity index is 1280. The van der Waals surface area contributed by atoms with E-state index in [1.54, 1.807) is 35.3 Å². The standard InChI is InChI=1S/C24H30N6O4S/c1-28-14-20(31)11-27-35(32,33)24-7-6-17(18-10-26-29(2)12-18)9-22(24)34-23-16-30(15-21(23)28)13-19-5-3-4-8-25-19/h3-10,12,20-21,23,27,31H,11,13-16H2,1-2H3/t20-,21+,23-/m0/s1. The normalized spacial score (nSPS) is 25.3. The molecule has 11 heteroatoms. The van der Waals surface area contributed by atoms with Crippen LogP contribution in [0, 0.1) is 0 Å². The highest BCUT2D eigenvalue weighted by Crippen LogP contribution is 2.33. The Kier molecular flexibility index (Phi) is 6.60. The van der Waals surface area contributed by atoms with E-state index >= 15 is 0 Å². The number of aryl methyl sites for hydroxylation is 1. The van der Waals surface area contributed by atoms with Crippen LogP contribution in [-0.2, 0) is 23.6 Å². The minimum atomic E-state index is -3.89. The fourth-order valence-electron chi connectivity index (χ4n) is 4.77. The average molecular weight is 499 g/mol. The highest BCUT2D eigenvalue weighted by atomic mass is 32.2. The molecule has 0 amide bonds. The van der Waals surface area contributed by atoms with E-state index in [0.717, 1.165) is 16.8 Å². The number of rotatable bonds is 3. The third-order valence-corrected chi connectivity index (χ3v) is 8.01. The van der Waals surface area contributed by atoms with Crippen LogP contribution in [0.15, 0.2) is 59.9 Å². The number of nitrogens with zero attached hydrogens (tertiary/aromatic N) is 5. The molecule has 0 spiro atoms. The number of aliphatic hydroxyl groups is 1. The summed E-state index contributed by atoms with van der Waals surface area (Å²) in [5.74, 6) is 0.290. The first-order valence-electron chi connectivity index (χ1n) is 11.6. The van der Waals surface area contributed by atoms with Crippen LogP contribution in [0.3, 0.4) is 0 Å². The first-order valence-corrected chi connectivity index (χ1v) is 13.1. The molecule has 2 aliphatic heterocycles. The van der Waals surface area contributed by atoms with Gasteiger partial charge in [0, 0.05) is 57.7 Å². The fourth-order valence-corrected chi connectivity index (χ4v) is 5.96. The number of hydrogen-bond acceptors (Lipinski definition) is 8. The molecular formula is C24H30N6O4S. The maximum absolute atomic E-state index is 13.1. The molecule has 0 aliphatic carbocycles. The van der Waals surface area contributed by atoms with Crippen LogP contribution >= 0.6 is 0 Å². The van der Waals surface area contributed by atoms with Crippen LogP contribution in [0.4, 0.5) is 0 Å². The number of likely N-dealkylation sites (tertiary alicyclic amines) is 1. The fraction of sp³-hybridized carbons (Fsp3) is 0.417. The summed E-state index contributed by atoms with van der Waals surface area (Å²) in [7, 11) is -0.119. The van der Waals surface area contributed by atoms with Crippen molar-refractivity contribution in [2.45, 2.75) is 29.7 Å². The van der Waals surface area contributed by atoms with E-state index in [4.69, 9.17) is 4.74 Å². The van der Waals surface area contributed by atoms with E-state index in [9.17, 15) is 13.5 Å². The highest BCUT2D eigenvalue weighted by molar-refractivity contribution is 7.89. The van der Waals surface area contributed by atoms with Crippen molar-refractivity contribution in [2.75, 3.05) is 33.2 Å². The molecule has 10 nitrogen and oxygen atoms in total. The first kappa shape index (κ1) is 23.9. The second-order valence-corrected chi connectivity index (χ2v) is 11.0. The van der Waals surface area contributed by atoms with Gasteiger partial charge in [-0.05, 0) is 36.9 Å². The summed E-state index contributed by atoms with van der Waals surface area (Å²) in [6.45, 7) is 2.22. The van der Waals surface area contributed by atoms with Crippen molar-refractivity contribution in [1.29, 1.82) is 0 Å². The van der Waals surface area contributed by atoms with Gasteiger partial charge >= 0.3 is 0 Å². The van der Waals surface area contributed by atoms with Crippen LogP contribution in [0.1, 0.15) is 5.69 Å². The number of nitrogens with one attached hydrogen (secondary N) is 1. The molecule has 35 heavy (non-hydrogen) atoms. The van der Waals surface area contributed by atoms with Crippen LogP contribution in [-0.4, -0.2) is 89.6 Å². The maximum atomic E-state index is 13.1. The molecule has 2 aliphatic rings. The summed E-state index contributed by atoms with van der Waals surface area (Å²) < 4.78 is 37.0. The zero-order valence-electron chi connectivity index (χ0n) is 19.8. The van der Waals surface area contributed by atoms with Gasteiger partial charge in [-0.2, -0.15) is 5.10 Å². The molecule has 2 N–H and O–H groups in total. The zero-order valence-corrected chi connectivity index (χ0v) is 20.6. The Hall–Kier alpha value is -2.83. The lowest BCUT2D eigenvalue weighted by molar-refractivity contribution is 0.0713. The van der Waals surface area contributed by atoms with Gasteiger partial charge in [-0.1, -0.05) is 12.1 Å². The van der Waals surface area contributed by atoms with Crippen molar-refractivity contribution in [1.82, 2.24) is 29.3 Å². The van der Waals surface area contributed by atoms with Crippen LogP contribution in [0.25, 0.3) is 11.1 Å². The number of aliphatic hydroxyl groups excluding tert-OH is 1. The SMILES string of the molecule is CN1C[C@@H](O)CNS(=O)(=O)c2ccc(-c3cnn(C)c3)cc2O[C@H]2CN(Cc3ccccn3)C[C@H]21. The molecule has 2 aromatic heterocycles. The van der Waals surface area contributed by atoms with E-state index < -0.39 is 16.1 Å². The molecule has 186 valence electrons. The summed E-state index contributed by atoms with van der Waals surface area (Å²) in [5, 5.41) is 14.8. The molecule has 5 rings (SSSR count). The smallest absolute Gasteiger partial charge is 0.244 e. The van der Waals surface area contributed by atoms with Gasteiger partial charge in [-0.15, -0.1) is 0 Å². The van der Waals surface area contributed by atoms with Gasteiger partial charge in [0.15, 0.2) is 0 Å². The van der Waals surface area contributed by atoms with E-state index in [-0.39, 0.29) is 23.6 Å². The summed E-state index contributed by atoms with van der Waals surface area (Å²) in [4.78, 5) is 8.81. The lowest BCUT2D eigenvalue weighted by Gasteiger charge is -2.30. The van der Waals surface area contributed by atoms with Gasteiger partial charge in [0.1, 0.15) is 16.7 Å². The monoisotopic (exact) mass is 498 g/mol. The van der Waals surface area contributed by atoms with Gasteiger partial charge in [0.25, 0.3) is 0 Å². The minimum absolute atomic E-state index is 0.0379. The van der Waals surface area contributed by atoms with Crippen molar-refractivity contribution < 1.29 is 18.3 Å². The molecular weight excluding hydrogens is 468 g/mol. The molecule has 1 saturated heterocycles. The quantitative estimate of drug-likeness (QED) is 0.543. The number of fused-ring (bicyclic) bond motifs is 2. The van der Waals surface area contributed by atoms with E-state index in [0.29, 0.717) is 31.9 Å². The third kappa shape index (κ3) is 5.24. The summed E-state index contributed by atoms with van der Waals surface area (Å²) in [6.07, 6.45) is 4.23. The molecule has 3 atom stereocenters. The number of aromatic nitrogens is 3. The number of sulfonamides is 1. The Morgan fingerprint density at radius 1 is 1.14 bits per heavy atom. The Morgan fingerprint density at radius 2 is 2.00 bits per heavy atom. The van der Waals surface area contributed by atoms with Gasteiger partial charge in [-0.3, -0.25) is 19.5 Å². The van der Waals surface area contributed by atoms with Crippen molar-refractivity contribution in [3.8, 4) is 16.9 Å². The van der Waals surface area contributed by atoms with Crippen molar-refractivity contribution in [3.63, 3.8) is 0 Å². The molecule has 4 heterocycles. The second-order valence-electron chi connectivity index (χ2n) is 9.25. The second kappa shape index (κ2) is 9.67. The Balaban J connectivity index is 1.51. The zero-order chi connectivity index (χ0) is 24.6. The lowest BCUT2D eigenvalue weighted by atomic mass is 10.1. The molecule has 3 aromatic rings. The molecule has 0 saturated carbocycles. The minimum Gasteiger partial charge on any atom is -0.486 e. The largest absolute Gasteiger partial charge is 0.486 e. The number of likely N-dealkylation sites (N-methyl/N-ethyl adjacent to an activating group) is 1. The summed E-state index contributed by atoms with van der Waals surface area (Å²) >= 11 is 0. The molecule has 1 fully saturated rings. The predicted molar refractivity (Wildman–Crippen MR) is 130 cm³/mol. The van der Waals surface area contributed by atoms with E-state index in [2.05, 4.69) is 24.6 Å². The molecule has 1 aromatic carbocycles. The summed E-state index contributed by atoms with van der Waals surface area (Å²) in [5.41, 5.74) is 2.64. The first-order chi connectivity index (χ1) is 16.8. The van der Waals surface area contributed by atoms with Crippen LogP contribution in [0.2, 0.25) is 0 Å². The summed E-state index contributed by atoms with van der Waals surface area (Å²) in [6, 6.07) is 10.9. The van der Waals surface area contributed by atoms with Gasteiger partial charge < -0.3 is 9.84 Å². The molecule has 0 bridgehead atoms. The number of hydrogen-bond donors (Lipinski definition) is 2. The average Bonchev–Trinajstić information content (AvgIpc) is 3.44. The van der Waals surface area contributed by atoms with Crippen molar-refractivity contribution >= 4 is 10.0 Å². The molecule has 0 unspecified atom stereocenters.